The molecule has 6 heteroatoms. The fourth-order valence-electron chi connectivity index (χ4n) is 0.981. The van der Waals surface area contributed by atoms with Gasteiger partial charge in [-0.05, 0) is 18.6 Å². The second-order valence-corrected chi connectivity index (χ2v) is 5.41. The van der Waals surface area contributed by atoms with Crippen LogP contribution >= 0.6 is 11.6 Å². The van der Waals surface area contributed by atoms with Crippen LogP contribution in [0.5, 0.6) is 0 Å². The number of hydrogen-bond acceptors (Lipinski definition) is 3. The van der Waals surface area contributed by atoms with Crippen molar-refractivity contribution in [2.24, 2.45) is 0 Å². The molecule has 0 bridgehead atoms. The maximum atomic E-state index is 11.5. The van der Waals surface area contributed by atoms with E-state index in [1.54, 1.807) is 6.07 Å². The Morgan fingerprint density at radius 3 is 2.73 bits per heavy atom. The zero-order valence-electron chi connectivity index (χ0n) is 8.40. The monoisotopic (exact) mass is 248 g/mol. The molecule has 0 unspecified atom stereocenters. The van der Waals surface area contributed by atoms with E-state index in [1.165, 1.54) is 12.3 Å². The molecule has 84 valence electrons. The van der Waals surface area contributed by atoms with Crippen molar-refractivity contribution < 1.29 is 8.42 Å². The highest BCUT2D eigenvalue weighted by Crippen LogP contribution is 2.11. The number of sulfonamides is 1. The quantitative estimate of drug-likeness (QED) is 0.870. The Balaban J connectivity index is 2.65. The van der Waals surface area contributed by atoms with Gasteiger partial charge in [0, 0.05) is 6.20 Å². The van der Waals surface area contributed by atoms with Gasteiger partial charge in [0.15, 0.2) is 0 Å². The highest BCUT2D eigenvalue weighted by atomic mass is 35.5. The van der Waals surface area contributed by atoms with Gasteiger partial charge in [0.05, 0.1) is 10.8 Å². The molecule has 0 atom stereocenters. The SMILES string of the molecule is CCCCS(=O)(=O)Nc1ccc(Cl)cn1. The van der Waals surface area contributed by atoms with Crippen LogP contribution in [0.4, 0.5) is 5.82 Å². The van der Waals surface area contributed by atoms with E-state index in [9.17, 15) is 8.42 Å². The molecule has 0 spiro atoms. The Labute approximate surface area is 94.7 Å². The second kappa shape index (κ2) is 5.32. The van der Waals surface area contributed by atoms with Gasteiger partial charge in [0.1, 0.15) is 5.82 Å². The minimum absolute atomic E-state index is 0.119. The third-order valence-electron chi connectivity index (χ3n) is 1.75. The lowest BCUT2D eigenvalue weighted by Gasteiger charge is -2.05. The van der Waals surface area contributed by atoms with Crippen LogP contribution in [-0.2, 0) is 10.0 Å². The molecule has 0 fully saturated rings. The van der Waals surface area contributed by atoms with E-state index in [1.807, 2.05) is 6.92 Å². The molecular weight excluding hydrogens is 236 g/mol. The Kier molecular flexibility index (Phi) is 4.35. The fourth-order valence-corrected chi connectivity index (χ4v) is 2.30. The summed E-state index contributed by atoms with van der Waals surface area (Å²) in [6, 6.07) is 3.12. The average molecular weight is 249 g/mol. The summed E-state index contributed by atoms with van der Waals surface area (Å²) in [5.41, 5.74) is 0. The number of hydrogen-bond donors (Lipinski definition) is 1. The minimum atomic E-state index is -3.27. The zero-order chi connectivity index (χ0) is 11.3. The number of aromatic nitrogens is 1. The highest BCUT2D eigenvalue weighted by Gasteiger charge is 2.09. The first kappa shape index (κ1) is 12.3. The van der Waals surface area contributed by atoms with Gasteiger partial charge in [-0.15, -0.1) is 0 Å². The van der Waals surface area contributed by atoms with E-state index < -0.39 is 10.0 Å². The van der Waals surface area contributed by atoms with Gasteiger partial charge in [-0.25, -0.2) is 13.4 Å². The molecule has 1 N–H and O–H groups in total. The minimum Gasteiger partial charge on any atom is -0.267 e. The van der Waals surface area contributed by atoms with E-state index in [-0.39, 0.29) is 5.75 Å². The summed E-state index contributed by atoms with van der Waals surface area (Å²) in [5, 5.41) is 0.478. The van der Waals surface area contributed by atoms with E-state index in [0.29, 0.717) is 17.3 Å². The number of pyridine rings is 1. The third kappa shape index (κ3) is 4.48. The molecule has 0 aliphatic heterocycles. The Morgan fingerprint density at radius 1 is 1.47 bits per heavy atom. The third-order valence-corrected chi connectivity index (χ3v) is 3.32. The summed E-state index contributed by atoms with van der Waals surface area (Å²) < 4.78 is 25.3. The normalized spacial score (nSPS) is 11.3. The molecule has 1 rings (SSSR count). The molecule has 0 aliphatic carbocycles. The number of unbranched alkanes of at least 4 members (excludes halogenated alkanes) is 1. The first-order chi connectivity index (χ1) is 7.03. The van der Waals surface area contributed by atoms with Crippen LogP contribution in [0.25, 0.3) is 0 Å². The molecule has 1 heterocycles. The number of nitrogens with zero attached hydrogens (tertiary/aromatic N) is 1. The van der Waals surface area contributed by atoms with Gasteiger partial charge < -0.3 is 0 Å². The molecule has 1 aromatic rings. The van der Waals surface area contributed by atoms with Gasteiger partial charge in [-0.2, -0.15) is 0 Å². The summed E-state index contributed by atoms with van der Waals surface area (Å²) >= 11 is 5.63. The first-order valence-corrected chi connectivity index (χ1v) is 6.68. The summed E-state index contributed by atoms with van der Waals surface area (Å²) in [6.07, 6.45) is 2.89. The van der Waals surface area contributed by atoms with Gasteiger partial charge in [-0.1, -0.05) is 24.9 Å². The smallest absolute Gasteiger partial charge is 0.233 e. The number of rotatable bonds is 5. The standard InChI is InChI=1S/C9H13ClN2O2S/c1-2-3-6-15(13,14)12-9-5-4-8(10)7-11-9/h4-5,7H,2-3,6H2,1H3,(H,11,12). The molecule has 0 saturated carbocycles. The Hall–Kier alpha value is -0.810. The summed E-state index contributed by atoms with van der Waals surface area (Å²) in [7, 11) is -3.27. The first-order valence-electron chi connectivity index (χ1n) is 4.65. The second-order valence-electron chi connectivity index (χ2n) is 3.14. The number of halogens is 1. The van der Waals surface area contributed by atoms with E-state index >= 15 is 0 Å². The van der Waals surface area contributed by atoms with Crippen molar-refractivity contribution in [3.05, 3.63) is 23.4 Å². The summed E-state index contributed by atoms with van der Waals surface area (Å²) in [6.45, 7) is 1.94. The van der Waals surface area contributed by atoms with Crippen molar-refractivity contribution in [2.45, 2.75) is 19.8 Å². The van der Waals surface area contributed by atoms with Gasteiger partial charge in [-0.3, -0.25) is 4.72 Å². The average Bonchev–Trinajstić information content (AvgIpc) is 2.18. The maximum absolute atomic E-state index is 11.5. The lowest BCUT2D eigenvalue weighted by atomic mass is 10.4. The van der Waals surface area contributed by atoms with E-state index in [2.05, 4.69) is 9.71 Å². The van der Waals surface area contributed by atoms with Crippen molar-refractivity contribution >= 4 is 27.4 Å². The van der Waals surface area contributed by atoms with Crippen LogP contribution in [0, 0.1) is 0 Å². The lowest BCUT2D eigenvalue weighted by molar-refractivity contribution is 0.597. The van der Waals surface area contributed by atoms with Crippen LogP contribution in [0.15, 0.2) is 18.3 Å². The molecule has 0 aromatic carbocycles. The van der Waals surface area contributed by atoms with Gasteiger partial charge in [0.2, 0.25) is 10.0 Å². The van der Waals surface area contributed by atoms with Crippen molar-refractivity contribution in [2.75, 3.05) is 10.5 Å². The highest BCUT2D eigenvalue weighted by molar-refractivity contribution is 7.92. The molecule has 1 aromatic heterocycles. The van der Waals surface area contributed by atoms with Gasteiger partial charge in [0.25, 0.3) is 0 Å². The molecule has 15 heavy (non-hydrogen) atoms. The van der Waals surface area contributed by atoms with Crippen molar-refractivity contribution in [1.82, 2.24) is 4.98 Å². The fraction of sp³-hybridized carbons (Fsp3) is 0.444. The lowest BCUT2D eigenvalue weighted by Crippen LogP contribution is -2.17. The molecular formula is C9H13ClN2O2S. The largest absolute Gasteiger partial charge is 0.267 e. The topological polar surface area (TPSA) is 59.1 Å². The van der Waals surface area contributed by atoms with Gasteiger partial charge >= 0.3 is 0 Å². The van der Waals surface area contributed by atoms with Crippen molar-refractivity contribution in [3.8, 4) is 0 Å². The molecule has 0 aliphatic rings. The van der Waals surface area contributed by atoms with Crippen molar-refractivity contribution in [3.63, 3.8) is 0 Å². The Bertz CT molecular complexity index is 403. The Morgan fingerprint density at radius 2 is 2.20 bits per heavy atom. The van der Waals surface area contributed by atoms with Crippen LogP contribution in [-0.4, -0.2) is 19.2 Å². The molecule has 0 amide bonds. The number of nitrogens with one attached hydrogen (secondary N) is 1. The van der Waals surface area contributed by atoms with Crippen LogP contribution in [0.1, 0.15) is 19.8 Å². The van der Waals surface area contributed by atoms with Crippen LogP contribution in [0.3, 0.4) is 0 Å². The van der Waals surface area contributed by atoms with Crippen molar-refractivity contribution in [1.29, 1.82) is 0 Å². The number of anilines is 1. The zero-order valence-corrected chi connectivity index (χ0v) is 9.98. The predicted molar refractivity (Wildman–Crippen MR) is 61.6 cm³/mol. The predicted octanol–water partition coefficient (Wildman–Crippen LogP) is 2.28. The molecule has 4 nitrogen and oxygen atoms in total. The van der Waals surface area contributed by atoms with Crippen LogP contribution < -0.4 is 4.72 Å². The molecule has 0 saturated heterocycles. The van der Waals surface area contributed by atoms with Crippen LogP contribution in [0.2, 0.25) is 5.02 Å². The summed E-state index contributed by atoms with van der Waals surface area (Å²) in [4.78, 5) is 3.85. The van der Waals surface area contributed by atoms with E-state index in [0.717, 1.165) is 6.42 Å². The van der Waals surface area contributed by atoms with E-state index in [4.69, 9.17) is 11.6 Å². The maximum Gasteiger partial charge on any atom is 0.233 e. The molecule has 0 radical (unpaired) electrons. The summed E-state index contributed by atoms with van der Waals surface area (Å²) in [5.74, 6) is 0.420.